The molecule has 0 aliphatic heterocycles. The molecule has 2 rings (SSSR count). The number of thiazole rings is 1. The minimum Gasteiger partial charge on any atom is -0.313 e. The second kappa shape index (κ2) is 6.33. The molecule has 2 N–H and O–H groups in total. The molecule has 0 saturated heterocycles. The van der Waals surface area contributed by atoms with Gasteiger partial charge in [0.2, 0.25) is 0 Å². The molecule has 0 atom stereocenters. The first-order chi connectivity index (χ1) is 9.47. The van der Waals surface area contributed by atoms with Crippen LogP contribution in [0.5, 0.6) is 0 Å². The van der Waals surface area contributed by atoms with Crippen molar-refractivity contribution in [2.45, 2.75) is 31.3 Å². The molecule has 0 spiro atoms. The van der Waals surface area contributed by atoms with E-state index in [1.807, 2.05) is 0 Å². The fourth-order valence-corrected chi connectivity index (χ4v) is 3.26. The van der Waals surface area contributed by atoms with Gasteiger partial charge in [-0.1, -0.05) is 13.8 Å². The molecule has 9 heteroatoms. The number of hydrogen-bond donors (Lipinski definition) is 2. The van der Waals surface area contributed by atoms with Crippen molar-refractivity contribution in [1.82, 2.24) is 20.1 Å². The molecule has 7 nitrogen and oxygen atoms in total. The quantitative estimate of drug-likeness (QED) is 0.800. The van der Waals surface area contributed by atoms with Gasteiger partial charge in [-0.05, 0) is 0 Å². The van der Waals surface area contributed by atoms with Crippen LogP contribution in [-0.2, 0) is 16.6 Å². The lowest BCUT2D eigenvalue weighted by Crippen LogP contribution is -2.26. The highest BCUT2D eigenvalue weighted by molar-refractivity contribution is 7.93. The largest absolute Gasteiger partial charge is 0.313 e. The third-order valence-electron chi connectivity index (χ3n) is 2.47. The molecular formula is C11H17N5O2S2. The van der Waals surface area contributed by atoms with Gasteiger partial charge in [0.25, 0.3) is 10.0 Å². The number of nitrogens with zero attached hydrogens (tertiary/aromatic N) is 3. The van der Waals surface area contributed by atoms with Gasteiger partial charge in [-0.2, -0.15) is 5.10 Å². The molecule has 2 aromatic rings. The van der Waals surface area contributed by atoms with E-state index in [9.17, 15) is 8.42 Å². The zero-order valence-electron chi connectivity index (χ0n) is 11.3. The standard InChI is InChI=1S/C11H17N5O2S2/c1-9(2)12-3-5-16-8-10(7-14-16)20(17,18)15-11-13-4-6-19-11/h4,6-9,12H,3,5H2,1-2H3,(H,13,15). The Balaban J connectivity index is 2.00. The molecule has 0 bridgehead atoms. The summed E-state index contributed by atoms with van der Waals surface area (Å²) < 4.78 is 28.2. The average molecular weight is 315 g/mol. The van der Waals surface area contributed by atoms with Crippen LogP contribution < -0.4 is 10.0 Å². The van der Waals surface area contributed by atoms with Crippen molar-refractivity contribution in [1.29, 1.82) is 0 Å². The van der Waals surface area contributed by atoms with Crippen LogP contribution in [0.2, 0.25) is 0 Å². The smallest absolute Gasteiger partial charge is 0.266 e. The van der Waals surface area contributed by atoms with Crippen LogP contribution in [0.25, 0.3) is 0 Å². The van der Waals surface area contributed by atoms with Crippen LogP contribution in [0, 0.1) is 0 Å². The number of nitrogens with one attached hydrogen (secondary N) is 2. The Morgan fingerprint density at radius 2 is 2.25 bits per heavy atom. The van der Waals surface area contributed by atoms with E-state index < -0.39 is 10.0 Å². The molecule has 0 aliphatic rings. The van der Waals surface area contributed by atoms with Crippen molar-refractivity contribution in [3.8, 4) is 0 Å². The molecule has 0 unspecified atom stereocenters. The van der Waals surface area contributed by atoms with Gasteiger partial charge in [0.05, 0.1) is 12.7 Å². The highest BCUT2D eigenvalue weighted by Gasteiger charge is 2.17. The molecule has 0 amide bonds. The van der Waals surface area contributed by atoms with Gasteiger partial charge in [-0.15, -0.1) is 11.3 Å². The fraction of sp³-hybridized carbons (Fsp3) is 0.455. The van der Waals surface area contributed by atoms with Gasteiger partial charge >= 0.3 is 0 Å². The molecule has 110 valence electrons. The predicted molar refractivity (Wildman–Crippen MR) is 78.3 cm³/mol. The van der Waals surface area contributed by atoms with Gasteiger partial charge in [0.1, 0.15) is 4.90 Å². The van der Waals surface area contributed by atoms with E-state index in [2.05, 4.69) is 34.0 Å². The maximum absolute atomic E-state index is 12.1. The first-order valence-electron chi connectivity index (χ1n) is 6.15. The third kappa shape index (κ3) is 4.02. The Kier molecular flexibility index (Phi) is 4.73. The zero-order chi connectivity index (χ0) is 14.6. The van der Waals surface area contributed by atoms with Gasteiger partial charge in [-0.3, -0.25) is 9.40 Å². The predicted octanol–water partition coefficient (Wildman–Crippen LogP) is 1.14. The highest BCUT2D eigenvalue weighted by Crippen LogP contribution is 2.17. The van der Waals surface area contributed by atoms with Crippen LogP contribution in [0.4, 0.5) is 5.13 Å². The number of aromatic nitrogens is 3. The van der Waals surface area contributed by atoms with Crippen LogP contribution >= 0.6 is 11.3 Å². The van der Waals surface area contributed by atoms with Gasteiger partial charge in [0, 0.05) is 30.4 Å². The van der Waals surface area contributed by atoms with Crippen LogP contribution in [0.1, 0.15) is 13.8 Å². The van der Waals surface area contributed by atoms with E-state index in [0.717, 1.165) is 6.54 Å². The number of anilines is 1. The van der Waals surface area contributed by atoms with E-state index >= 15 is 0 Å². The summed E-state index contributed by atoms with van der Waals surface area (Å²) in [6.07, 6.45) is 4.40. The second-order valence-electron chi connectivity index (χ2n) is 4.49. The molecule has 2 heterocycles. The van der Waals surface area contributed by atoms with Gasteiger partial charge in [-0.25, -0.2) is 13.4 Å². The van der Waals surface area contributed by atoms with E-state index in [0.29, 0.717) is 17.7 Å². The first kappa shape index (κ1) is 14.9. The molecule has 0 aromatic carbocycles. The lowest BCUT2D eigenvalue weighted by atomic mass is 10.4. The van der Waals surface area contributed by atoms with E-state index in [-0.39, 0.29) is 4.90 Å². The molecule has 20 heavy (non-hydrogen) atoms. The minimum absolute atomic E-state index is 0.136. The monoisotopic (exact) mass is 315 g/mol. The van der Waals surface area contributed by atoms with Crippen molar-refractivity contribution in [3.05, 3.63) is 24.0 Å². The molecule has 2 aromatic heterocycles. The Hall–Kier alpha value is -1.45. The number of sulfonamides is 1. The summed E-state index contributed by atoms with van der Waals surface area (Å²) in [5, 5.41) is 9.35. The van der Waals surface area contributed by atoms with E-state index in [1.165, 1.54) is 23.7 Å². The lowest BCUT2D eigenvalue weighted by molar-refractivity contribution is 0.515. The van der Waals surface area contributed by atoms with Crippen molar-refractivity contribution < 1.29 is 8.42 Å². The van der Waals surface area contributed by atoms with E-state index in [1.54, 1.807) is 16.3 Å². The third-order valence-corrected chi connectivity index (χ3v) is 4.58. The molecule has 0 saturated carbocycles. The summed E-state index contributed by atoms with van der Waals surface area (Å²) in [5.74, 6) is 0. The summed E-state index contributed by atoms with van der Waals surface area (Å²) in [6.45, 7) is 5.46. The van der Waals surface area contributed by atoms with Crippen molar-refractivity contribution >= 4 is 26.5 Å². The van der Waals surface area contributed by atoms with Crippen LogP contribution in [0.3, 0.4) is 0 Å². The average Bonchev–Trinajstić information content (AvgIpc) is 2.99. The number of rotatable bonds is 7. The maximum Gasteiger partial charge on any atom is 0.266 e. The topological polar surface area (TPSA) is 88.9 Å². The highest BCUT2D eigenvalue weighted by atomic mass is 32.2. The summed E-state index contributed by atoms with van der Waals surface area (Å²) >= 11 is 1.23. The fourth-order valence-electron chi connectivity index (χ4n) is 1.52. The van der Waals surface area contributed by atoms with E-state index in [4.69, 9.17) is 0 Å². The van der Waals surface area contributed by atoms with Crippen molar-refractivity contribution in [2.75, 3.05) is 11.3 Å². The van der Waals surface area contributed by atoms with Crippen LogP contribution in [0.15, 0.2) is 28.9 Å². The summed E-state index contributed by atoms with van der Waals surface area (Å²) in [4.78, 5) is 4.03. The normalized spacial score (nSPS) is 11.9. The lowest BCUT2D eigenvalue weighted by Gasteiger charge is -2.07. The first-order valence-corrected chi connectivity index (χ1v) is 8.52. The maximum atomic E-state index is 12.1. The van der Waals surface area contributed by atoms with Crippen molar-refractivity contribution in [2.24, 2.45) is 0 Å². The molecular weight excluding hydrogens is 298 g/mol. The molecule has 0 fully saturated rings. The van der Waals surface area contributed by atoms with Gasteiger partial charge in [0.15, 0.2) is 5.13 Å². The summed E-state index contributed by atoms with van der Waals surface area (Å²) in [7, 11) is -3.61. The molecule has 0 aliphatic carbocycles. The Morgan fingerprint density at radius 3 is 2.90 bits per heavy atom. The Bertz CT molecular complexity index is 634. The van der Waals surface area contributed by atoms with Crippen LogP contribution in [-0.4, -0.2) is 35.8 Å². The van der Waals surface area contributed by atoms with Gasteiger partial charge < -0.3 is 5.32 Å². The zero-order valence-corrected chi connectivity index (χ0v) is 12.9. The summed E-state index contributed by atoms with van der Waals surface area (Å²) in [5.41, 5.74) is 0. The number of hydrogen-bond acceptors (Lipinski definition) is 6. The Morgan fingerprint density at radius 1 is 1.45 bits per heavy atom. The second-order valence-corrected chi connectivity index (χ2v) is 7.07. The van der Waals surface area contributed by atoms with Crippen molar-refractivity contribution in [3.63, 3.8) is 0 Å². The molecule has 0 radical (unpaired) electrons. The Labute approximate surface area is 122 Å². The summed E-state index contributed by atoms with van der Waals surface area (Å²) in [6, 6.07) is 0.389. The minimum atomic E-state index is -3.61. The SMILES string of the molecule is CC(C)NCCn1cc(S(=O)(=O)Nc2nccs2)cn1.